The Balaban J connectivity index is 2.10. The summed E-state index contributed by atoms with van der Waals surface area (Å²) in [7, 11) is 1.71. The fourth-order valence-electron chi connectivity index (χ4n) is 2.49. The van der Waals surface area contributed by atoms with Crippen molar-refractivity contribution in [3.63, 3.8) is 0 Å². The Morgan fingerprint density at radius 2 is 2.06 bits per heavy atom. The molecule has 5 nitrogen and oxygen atoms in total. The molecule has 0 radical (unpaired) electrons. The lowest BCUT2D eigenvalue weighted by molar-refractivity contribution is 0.0273. The number of aromatic nitrogens is 2. The minimum atomic E-state index is -0.222. The number of rotatable bonds is 4. The van der Waals surface area contributed by atoms with Crippen LogP contribution < -0.4 is 5.73 Å². The fourth-order valence-corrected chi connectivity index (χ4v) is 2.49. The Bertz CT molecular complexity index is 345. The van der Waals surface area contributed by atoms with E-state index >= 15 is 0 Å². The Hall–Kier alpha value is -0.940. The second-order valence-electron chi connectivity index (χ2n) is 4.83. The molecule has 1 fully saturated rings. The number of nitrogens with zero attached hydrogens (tertiary/aromatic N) is 2. The molecule has 0 spiro atoms. The zero-order valence-electron chi connectivity index (χ0n) is 10.6. The van der Waals surface area contributed by atoms with Gasteiger partial charge in [0.15, 0.2) is 0 Å². The molecule has 1 saturated carbocycles. The van der Waals surface area contributed by atoms with Crippen LogP contribution in [0.3, 0.4) is 0 Å². The SMILES string of the molecule is COC(c1noc([C@@H](C)N)n1)C1CCCCC1. The van der Waals surface area contributed by atoms with Crippen molar-refractivity contribution in [2.75, 3.05) is 7.11 Å². The molecule has 0 aliphatic heterocycles. The van der Waals surface area contributed by atoms with Crippen LogP contribution in [0.25, 0.3) is 0 Å². The lowest BCUT2D eigenvalue weighted by Crippen LogP contribution is -2.19. The van der Waals surface area contributed by atoms with Crippen LogP contribution in [0.1, 0.15) is 62.9 Å². The molecule has 5 heteroatoms. The predicted octanol–water partition coefficient (Wildman–Crippen LogP) is 2.36. The topological polar surface area (TPSA) is 74.2 Å². The molecule has 0 aromatic carbocycles. The van der Waals surface area contributed by atoms with E-state index < -0.39 is 0 Å². The normalized spacial score (nSPS) is 21.4. The molecule has 1 unspecified atom stereocenters. The van der Waals surface area contributed by atoms with Crippen molar-refractivity contribution in [2.24, 2.45) is 11.7 Å². The van der Waals surface area contributed by atoms with Crippen LogP contribution in [0.15, 0.2) is 4.52 Å². The van der Waals surface area contributed by atoms with Crippen molar-refractivity contribution in [1.29, 1.82) is 0 Å². The van der Waals surface area contributed by atoms with Gasteiger partial charge < -0.3 is 15.0 Å². The van der Waals surface area contributed by atoms with Crippen LogP contribution in [0.5, 0.6) is 0 Å². The highest BCUT2D eigenvalue weighted by Gasteiger charge is 2.29. The van der Waals surface area contributed by atoms with Gasteiger partial charge in [-0.05, 0) is 25.7 Å². The van der Waals surface area contributed by atoms with E-state index in [0.717, 1.165) is 0 Å². The maximum absolute atomic E-state index is 5.71. The summed E-state index contributed by atoms with van der Waals surface area (Å²) in [6.45, 7) is 1.83. The van der Waals surface area contributed by atoms with Crippen molar-refractivity contribution in [2.45, 2.75) is 51.2 Å². The first-order valence-electron chi connectivity index (χ1n) is 6.34. The molecule has 1 heterocycles. The number of hydrogen-bond donors (Lipinski definition) is 1. The number of hydrogen-bond acceptors (Lipinski definition) is 5. The Labute approximate surface area is 102 Å². The van der Waals surface area contributed by atoms with Crippen LogP contribution in [0.2, 0.25) is 0 Å². The molecule has 1 aromatic rings. The highest BCUT2D eigenvalue weighted by Crippen LogP contribution is 2.35. The Morgan fingerprint density at radius 1 is 1.35 bits per heavy atom. The molecular weight excluding hydrogens is 218 g/mol. The molecule has 1 aliphatic rings. The molecule has 17 heavy (non-hydrogen) atoms. The first-order chi connectivity index (χ1) is 8.22. The van der Waals surface area contributed by atoms with Gasteiger partial charge in [-0.1, -0.05) is 24.4 Å². The summed E-state index contributed by atoms with van der Waals surface area (Å²) < 4.78 is 10.7. The molecule has 0 saturated heterocycles. The van der Waals surface area contributed by atoms with E-state index in [9.17, 15) is 0 Å². The number of nitrogens with two attached hydrogens (primary N) is 1. The van der Waals surface area contributed by atoms with Gasteiger partial charge in [-0.15, -0.1) is 0 Å². The van der Waals surface area contributed by atoms with Crippen LogP contribution in [-0.2, 0) is 4.74 Å². The van der Waals surface area contributed by atoms with Gasteiger partial charge in [0.1, 0.15) is 6.10 Å². The fraction of sp³-hybridized carbons (Fsp3) is 0.833. The van der Waals surface area contributed by atoms with E-state index in [2.05, 4.69) is 10.1 Å². The molecule has 0 amide bonds. The highest BCUT2D eigenvalue weighted by molar-refractivity contribution is 4.96. The zero-order chi connectivity index (χ0) is 12.3. The second-order valence-corrected chi connectivity index (χ2v) is 4.83. The summed E-state index contributed by atoms with van der Waals surface area (Å²) in [4.78, 5) is 4.33. The predicted molar refractivity (Wildman–Crippen MR) is 63.2 cm³/mol. The van der Waals surface area contributed by atoms with Crippen LogP contribution >= 0.6 is 0 Å². The van der Waals surface area contributed by atoms with Crippen LogP contribution in [-0.4, -0.2) is 17.3 Å². The summed E-state index contributed by atoms with van der Waals surface area (Å²) in [6, 6.07) is -0.222. The third-order valence-electron chi connectivity index (χ3n) is 3.43. The molecule has 96 valence electrons. The molecule has 2 atom stereocenters. The highest BCUT2D eigenvalue weighted by atomic mass is 16.5. The quantitative estimate of drug-likeness (QED) is 0.873. The summed E-state index contributed by atoms with van der Waals surface area (Å²) in [5.74, 6) is 1.64. The molecule has 1 aromatic heterocycles. The molecular formula is C12H21N3O2. The molecule has 1 aliphatic carbocycles. The largest absolute Gasteiger partial charge is 0.373 e. The van der Waals surface area contributed by atoms with Crippen molar-refractivity contribution in [3.05, 3.63) is 11.7 Å². The van der Waals surface area contributed by atoms with Gasteiger partial charge in [0, 0.05) is 7.11 Å². The van der Waals surface area contributed by atoms with Gasteiger partial charge in [-0.3, -0.25) is 0 Å². The summed E-state index contributed by atoms with van der Waals surface area (Å²) in [6.07, 6.45) is 6.17. The van der Waals surface area contributed by atoms with Crippen LogP contribution in [0, 0.1) is 5.92 Å². The summed E-state index contributed by atoms with van der Waals surface area (Å²) >= 11 is 0. The van der Waals surface area contributed by atoms with Gasteiger partial charge in [-0.25, -0.2) is 0 Å². The number of methoxy groups -OCH3 is 1. The zero-order valence-corrected chi connectivity index (χ0v) is 10.6. The van der Waals surface area contributed by atoms with Gasteiger partial charge >= 0.3 is 0 Å². The molecule has 2 N–H and O–H groups in total. The maximum atomic E-state index is 5.71. The summed E-state index contributed by atoms with van der Waals surface area (Å²) in [5, 5.41) is 3.99. The van der Waals surface area contributed by atoms with E-state index in [4.69, 9.17) is 15.0 Å². The average molecular weight is 239 g/mol. The van der Waals surface area contributed by atoms with E-state index in [1.54, 1.807) is 7.11 Å². The number of ether oxygens (including phenoxy) is 1. The molecule has 2 rings (SSSR count). The van der Waals surface area contributed by atoms with Gasteiger partial charge in [0.05, 0.1) is 6.04 Å². The first kappa shape index (κ1) is 12.5. The second kappa shape index (κ2) is 5.60. The lowest BCUT2D eigenvalue weighted by Gasteiger charge is -2.26. The van der Waals surface area contributed by atoms with Gasteiger partial charge in [0.25, 0.3) is 0 Å². The monoisotopic (exact) mass is 239 g/mol. The Kier molecular flexibility index (Phi) is 4.12. The standard InChI is InChI=1S/C12H21N3O2/c1-8(13)12-14-11(15-17-12)10(16-2)9-6-4-3-5-7-9/h8-10H,3-7,13H2,1-2H3/t8-,10?/m1/s1. The van der Waals surface area contributed by atoms with E-state index in [-0.39, 0.29) is 12.1 Å². The van der Waals surface area contributed by atoms with E-state index in [1.807, 2.05) is 6.92 Å². The van der Waals surface area contributed by atoms with Gasteiger partial charge in [0.2, 0.25) is 11.7 Å². The summed E-state index contributed by atoms with van der Waals surface area (Å²) in [5.41, 5.74) is 5.71. The van der Waals surface area contributed by atoms with E-state index in [1.165, 1.54) is 32.1 Å². The van der Waals surface area contributed by atoms with Crippen LogP contribution in [0.4, 0.5) is 0 Å². The molecule has 0 bridgehead atoms. The smallest absolute Gasteiger partial charge is 0.243 e. The lowest BCUT2D eigenvalue weighted by atomic mass is 9.85. The van der Waals surface area contributed by atoms with Crippen molar-refractivity contribution >= 4 is 0 Å². The third kappa shape index (κ3) is 2.84. The van der Waals surface area contributed by atoms with E-state index in [0.29, 0.717) is 17.6 Å². The van der Waals surface area contributed by atoms with Crippen molar-refractivity contribution in [3.8, 4) is 0 Å². The minimum Gasteiger partial charge on any atom is -0.373 e. The minimum absolute atomic E-state index is 0.0495. The van der Waals surface area contributed by atoms with Crippen molar-refractivity contribution in [1.82, 2.24) is 10.1 Å². The van der Waals surface area contributed by atoms with Crippen molar-refractivity contribution < 1.29 is 9.26 Å². The third-order valence-corrected chi connectivity index (χ3v) is 3.43. The maximum Gasteiger partial charge on any atom is 0.243 e. The van der Waals surface area contributed by atoms with Gasteiger partial charge in [-0.2, -0.15) is 4.98 Å². The first-order valence-corrected chi connectivity index (χ1v) is 6.34. The average Bonchev–Trinajstić information content (AvgIpc) is 2.81. The Morgan fingerprint density at radius 3 is 2.59 bits per heavy atom.